The number of para-hydroxylation sites is 1. The second kappa shape index (κ2) is 8.29. The highest BCUT2D eigenvalue weighted by atomic mass is 35.5. The monoisotopic (exact) mass is 531 g/mol. The number of nitrogens with two attached hydrogens (primary N) is 1. The molecule has 1 unspecified atom stereocenters. The maximum Gasteiger partial charge on any atom is 0.339 e. The number of carbonyl (C=O) groups is 3. The van der Waals surface area contributed by atoms with Gasteiger partial charge in [0.15, 0.2) is 5.78 Å². The Kier molecular flexibility index (Phi) is 5.62. The van der Waals surface area contributed by atoms with E-state index in [2.05, 4.69) is 0 Å². The van der Waals surface area contributed by atoms with Crippen LogP contribution in [0, 0.1) is 0 Å². The summed E-state index contributed by atoms with van der Waals surface area (Å²) in [5, 5.41) is 0.660. The van der Waals surface area contributed by atoms with Crippen LogP contribution in [0.4, 0.5) is 11.4 Å². The molecule has 35 heavy (non-hydrogen) atoms. The Hall–Kier alpha value is -3.00. The summed E-state index contributed by atoms with van der Waals surface area (Å²) in [5.41, 5.74) is 6.94. The van der Waals surface area contributed by atoms with E-state index >= 15 is 0 Å². The molecule has 0 fully saturated rings. The molecule has 1 aliphatic carbocycles. The maximum atomic E-state index is 14.1. The number of methoxy groups -OCH3 is 1. The Labute approximate surface area is 216 Å². The van der Waals surface area contributed by atoms with Crippen LogP contribution in [0.3, 0.4) is 0 Å². The summed E-state index contributed by atoms with van der Waals surface area (Å²) in [7, 11) is 2.81. The first-order valence-corrected chi connectivity index (χ1v) is 12.0. The van der Waals surface area contributed by atoms with E-state index < -0.39 is 17.3 Å². The number of benzene rings is 2. The summed E-state index contributed by atoms with van der Waals surface area (Å²) in [6, 6.07) is 10.0. The number of rotatable bonds is 2. The van der Waals surface area contributed by atoms with Crippen LogP contribution in [-0.2, 0) is 24.5 Å². The molecule has 2 aromatic rings. The van der Waals surface area contributed by atoms with Crippen LogP contribution >= 0.6 is 34.8 Å². The number of fused-ring (bicyclic) bond motifs is 3. The SMILES string of the molecule is COC(=O)C1=C(N)N(c2cc(Cl)c(Cl)cc2Cl)C2=C(C(=O)CCC2)C12C(=O)N(C)c1ccccc12. The van der Waals surface area contributed by atoms with Gasteiger partial charge < -0.3 is 15.4 Å². The lowest BCUT2D eigenvalue weighted by molar-refractivity contribution is -0.138. The molecular weight excluding hydrogens is 513 g/mol. The Morgan fingerprint density at radius 1 is 1.03 bits per heavy atom. The molecule has 2 aromatic carbocycles. The van der Waals surface area contributed by atoms with Crippen LogP contribution in [0.1, 0.15) is 24.8 Å². The van der Waals surface area contributed by atoms with Gasteiger partial charge in [0.1, 0.15) is 16.8 Å². The molecule has 2 N–H and O–H groups in total. The number of carbonyl (C=O) groups excluding carboxylic acids is 3. The van der Waals surface area contributed by atoms with Gasteiger partial charge in [0.25, 0.3) is 0 Å². The van der Waals surface area contributed by atoms with Crippen LogP contribution in [0.5, 0.6) is 0 Å². The van der Waals surface area contributed by atoms with Crippen molar-refractivity contribution < 1.29 is 19.1 Å². The summed E-state index contributed by atoms with van der Waals surface area (Å²) in [6.45, 7) is 0. The predicted molar refractivity (Wildman–Crippen MR) is 135 cm³/mol. The molecule has 0 saturated heterocycles. The van der Waals surface area contributed by atoms with Crippen molar-refractivity contribution in [2.24, 2.45) is 5.73 Å². The minimum atomic E-state index is -1.74. The summed E-state index contributed by atoms with van der Waals surface area (Å²) < 4.78 is 5.13. The average molecular weight is 533 g/mol. The molecule has 0 aromatic heterocycles. The van der Waals surface area contributed by atoms with Gasteiger partial charge in [-0.25, -0.2) is 4.79 Å². The topological polar surface area (TPSA) is 92.9 Å². The van der Waals surface area contributed by atoms with E-state index in [4.69, 9.17) is 45.3 Å². The maximum absolute atomic E-state index is 14.1. The molecular formula is C25H20Cl3N3O4. The van der Waals surface area contributed by atoms with E-state index in [1.165, 1.54) is 29.0 Å². The summed E-state index contributed by atoms with van der Waals surface area (Å²) in [4.78, 5) is 44.1. The number of ether oxygens (including phenoxy) is 1. The second-order valence-corrected chi connectivity index (χ2v) is 9.76. The third-order valence-electron chi connectivity index (χ3n) is 6.82. The molecule has 2 aliphatic heterocycles. The Bertz CT molecular complexity index is 1400. The molecule has 180 valence electrons. The number of hydrogen-bond acceptors (Lipinski definition) is 6. The minimum Gasteiger partial charge on any atom is -0.466 e. The van der Waals surface area contributed by atoms with Crippen molar-refractivity contribution in [2.75, 3.05) is 24.0 Å². The van der Waals surface area contributed by atoms with Crippen molar-refractivity contribution in [3.8, 4) is 0 Å². The normalized spacial score (nSPS) is 21.6. The van der Waals surface area contributed by atoms with Gasteiger partial charge >= 0.3 is 5.97 Å². The van der Waals surface area contributed by atoms with Crippen LogP contribution in [0.2, 0.25) is 15.1 Å². The highest BCUT2D eigenvalue weighted by Crippen LogP contribution is 2.57. The van der Waals surface area contributed by atoms with Crippen LogP contribution < -0.4 is 15.5 Å². The fraction of sp³-hybridized carbons (Fsp3) is 0.240. The van der Waals surface area contributed by atoms with Crippen molar-refractivity contribution in [3.63, 3.8) is 0 Å². The molecule has 1 spiro atoms. The highest BCUT2D eigenvalue weighted by molar-refractivity contribution is 6.44. The molecule has 5 rings (SSSR count). The van der Waals surface area contributed by atoms with E-state index in [1.807, 2.05) is 0 Å². The van der Waals surface area contributed by atoms with E-state index in [0.29, 0.717) is 35.5 Å². The summed E-state index contributed by atoms with van der Waals surface area (Å²) in [5.74, 6) is -1.60. The number of halogens is 3. The quantitative estimate of drug-likeness (QED) is 0.444. The zero-order chi connectivity index (χ0) is 25.2. The number of allylic oxidation sites excluding steroid dienone is 1. The van der Waals surface area contributed by atoms with Gasteiger partial charge in [-0.15, -0.1) is 0 Å². The fourth-order valence-corrected chi connectivity index (χ4v) is 6.04. The number of ketones is 1. The number of hydrogen-bond donors (Lipinski definition) is 1. The Morgan fingerprint density at radius 3 is 2.43 bits per heavy atom. The second-order valence-electron chi connectivity index (χ2n) is 8.53. The van der Waals surface area contributed by atoms with Gasteiger partial charge in [0.05, 0.1) is 27.9 Å². The van der Waals surface area contributed by atoms with Gasteiger partial charge in [-0.05, 0) is 31.0 Å². The van der Waals surface area contributed by atoms with Crippen LogP contribution in [0.25, 0.3) is 0 Å². The van der Waals surface area contributed by atoms with Crippen molar-refractivity contribution >= 4 is 63.8 Å². The first kappa shape index (κ1) is 23.7. The van der Waals surface area contributed by atoms with E-state index in [1.54, 1.807) is 31.3 Å². The fourth-order valence-electron chi connectivity index (χ4n) is 5.41. The molecule has 2 heterocycles. The molecule has 0 saturated carbocycles. The van der Waals surface area contributed by atoms with Crippen molar-refractivity contribution in [1.29, 1.82) is 0 Å². The standard InChI is InChI=1S/C25H20Cl3N3O4/c1-30-16-7-4-3-6-12(16)25(24(30)34)20-17(8-5-9-19(20)32)31(22(29)21(25)23(33)35-2)18-11-14(27)13(26)10-15(18)28/h3-4,6-7,10-11H,5,8-9,29H2,1-2H3. The lowest BCUT2D eigenvalue weighted by Crippen LogP contribution is -2.54. The highest BCUT2D eigenvalue weighted by Gasteiger charge is 2.63. The van der Waals surface area contributed by atoms with Crippen LogP contribution in [0.15, 0.2) is 59.1 Å². The van der Waals surface area contributed by atoms with E-state index in [-0.39, 0.29) is 44.2 Å². The number of anilines is 2. The van der Waals surface area contributed by atoms with Crippen molar-refractivity contribution in [2.45, 2.75) is 24.7 Å². The number of nitrogens with zero attached hydrogens (tertiary/aromatic N) is 2. The molecule has 0 radical (unpaired) electrons. The third kappa shape index (κ3) is 3.08. The molecule has 0 bridgehead atoms. The third-order valence-corrected chi connectivity index (χ3v) is 7.84. The van der Waals surface area contributed by atoms with Crippen molar-refractivity contribution in [3.05, 3.63) is 79.7 Å². The smallest absolute Gasteiger partial charge is 0.339 e. The summed E-state index contributed by atoms with van der Waals surface area (Å²) >= 11 is 19.0. The van der Waals surface area contributed by atoms with Gasteiger partial charge in [-0.1, -0.05) is 53.0 Å². The first-order valence-electron chi connectivity index (χ1n) is 10.8. The van der Waals surface area contributed by atoms with E-state index in [0.717, 1.165) is 0 Å². The van der Waals surface area contributed by atoms with Gasteiger partial charge in [0, 0.05) is 36.0 Å². The van der Waals surface area contributed by atoms with Crippen LogP contribution in [-0.4, -0.2) is 31.8 Å². The first-order chi connectivity index (χ1) is 16.7. The van der Waals surface area contributed by atoms with E-state index in [9.17, 15) is 14.4 Å². The zero-order valence-corrected chi connectivity index (χ0v) is 21.1. The molecule has 1 atom stereocenters. The number of Topliss-reactive ketones (excluding diaryl/α,β-unsaturated/α-hetero) is 1. The summed E-state index contributed by atoms with van der Waals surface area (Å²) in [6.07, 6.45) is 1.18. The molecule has 1 amide bonds. The lowest BCUT2D eigenvalue weighted by atomic mass is 9.63. The number of esters is 1. The minimum absolute atomic E-state index is 0.0657. The van der Waals surface area contributed by atoms with Crippen molar-refractivity contribution in [1.82, 2.24) is 0 Å². The Balaban J connectivity index is 1.94. The predicted octanol–water partition coefficient (Wildman–Crippen LogP) is 4.73. The van der Waals surface area contributed by atoms with Gasteiger partial charge in [-0.3, -0.25) is 14.5 Å². The molecule has 3 aliphatic rings. The lowest BCUT2D eigenvalue weighted by Gasteiger charge is -2.44. The number of likely N-dealkylation sites (N-methyl/N-ethyl adjacent to an activating group) is 1. The average Bonchev–Trinajstić information content (AvgIpc) is 3.05. The van der Waals surface area contributed by atoms with Gasteiger partial charge in [0.2, 0.25) is 5.91 Å². The Morgan fingerprint density at radius 2 is 1.71 bits per heavy atom. The molecule has 10 heteroatoms. The van der Waals surface area contributed by atoms with Gasteiger partial charge in [-0.2, -0.15) is 0 Å². The largest absolute Gasteiger partial charge is 0.466 e. The number of amides is 1. The zero-order valence-electron chi connectivity index (χ0n) is 18.8. The molecule has 7 nitrogen and oxygen atoms in total.